The molecule has 2 heterocycles. The molecule has 9 heteroatoms. The Kier molecular flexibility index (Phi) is 18.5. The number of benzene rings is 2. The minimum Gasteiger partial charge on any atom is -0.117 e. The summed E-state index contributed by atoms with van der Waals surface area (Å²) in [6.45, 7) is 9.21. The summed E-state index contributed by atoms with van der Waals surface area (Å²) in [6, 6.07) is 16.9. The van der Waals surface area contributed by atoms with Crippen molar-refractivity contribution in [3.8, 4) is 0 Å². The van der Waals surface area contributed by atoms with E-state index >= 15 is 0 Å². The van der Waals surface area contributed by atoms with Gasteiger partial charge in [-0.1, -0.05) is 153 Å². The van der Waals surface area contributed by atoms with Gasteiger partial charge in [0.15, 0.2) is 0 Å². The molecule has 266 valence electrons. The molecule has 0 saturated heterocycles. The first-order chi connectivity index (χ1) is 24.0. The average Bonchev–Trinajstić information content (AvgIpc) is 3.70. The summed E-state index contributed by atoms with van der Waals surface area (Å²) in [7, 11) is 0. The molecule has 6 aliphatic rings. The average molecular weight is 868 g/mol. The van der Waals surface area contributed by atoms with Crippen molar-refractivity contribution in [2.45, 2.75) is 105 Å². The second-order valence-corrected chi connectivity index (χ2v) is 23.5. The number of hydrogen-bond donors (Lipinski definition) is 0. The van der Waals surface area contributed by atoms with Crippen LogP contribution in [0.1, 0.15) is 101 Å². The Morgan fingerprint density at radius 2 is 0.837 bits per heavy atom. The maximum atomic E-state index is 4.06. The molecule has 8 rings (SSSR count). The van der Waals surface area contributed by atoms with Gasteiger partial charge in [-0.2, -0.15) is 0 Å². The van der Waals surface area contributed by atoms with E-state index in [0.717, 1.165) is 25.7 Å². The highest BCUT2D eigenvalue weighted by Gasteiger charge is 2.27. The van der Waals surface area contributed by atoms with E-state index in [1.807, 2.05) is 0 Å². The van der Waals surface area contributed by atoms with Gasteiger partial charge in [-0.15, -0.1) is 47.0 Å². The van der Waals surface area contributed by atoms with E-state index in [1.165, 1.54) is 110 Å². The van der Waals surface area contributed by atoms with Gasteiger partial charge in [-0.05, 0) is 114 Å². The summed E-state index contributed by atoms with van der Waals surface area (Å²) in [5.41, 5.74) is 8.78. The van der Waals surface area contributed by atoms with Crippen molar-refractivity contribution >= 4 is 110 Å². The van der Waals surface area contributed by atoms with Crippen molar-refractivity contribution < 1.29 is 0 Å². The van der Waals surface area contributed by atoms with Gasteiger partial charge in [0.1, 0.15) is 0 Å². The Hall–Kier alpha value is 0.680. The third kappa shape index (κ3) is 12.6. The van der Waals surface area contributed by atoms with Crippen LogP contribution in [0.4, 0.5) is 0 Å². The maximum absolute atomic E-state index is 4.06. The Labute approximate surface area is 340 Å². The molecule has 0 aromatic heterocycles. The molecule has 4 bridgehead atoms. The van der Waals surface area contributed by atoms with Gasteiger partial charge < -0.3 is 0 Å². The van der Waals surface area contributed by atoms with Crippen molar-refractivity contribution in [2.24, 2.45) is 0 Å². The molecule has 0 nitrogen and oxygen atoms in total. The Morgan fingerprint density at radius 1 is 0.490 bits per heavy atom. The third-order valence-corrected chi connectivity index (χ3v) is 20.9. The van der Waals surface area contributed by atoms with Crippen molar-refractivity contribution in [1.82, 2.24) is 0 Å². The van der Waals surface area contributed by atoms with Gasteiger partial charge in [0.05, 0.1) is 25.4 Å². The van der Waals surface area contributed by atoms with Crippen LogP contribution in [0, 0.1) is 0 Å². The molecule has 0 saturated carbocycles. The molecule has 0 fully saturated rings. The van der Waals surface area contributed by atoms with Crippen LogP contribution in [0.25, 0.3) is 0 Å². The van der Waals surface area contributed by atoms with Crippen LogP contribution in [0.5, 0.6) is 0 Å². The third-order valence-electron chi connectivity index (χ3n) is 8.37. The topological polar surface area (TPSA) is 0 Å². The lowest BCUT2D eigenvalue weighted by atomic mass is 9.93. The highest BCUT2D eigenvalue weighted by molar-refractivity contribution is 9.10. The fourth-order valence-electron chi connectivity index (χ4n) is 5.43. The maximum Gasteiger partial charge on any atom is 0.0659 e. The van der Waals surface area contributed by atoms with Crippen LogP contribution in [-0.4, -0.2) is 23.0 Å². The normalized spacial score (nSPS) is 17.0. The number of thioether (sulfide) groups is 8. The van der Waals surface area contributed by atoms with Crippen molar-refractivity contribution in [3.63, 3.8) is 0 Å². The zero-order valence-electron chi connectivity index (χ0n) is 29.5. The number of hydrogen-bond acceptors (Lipinski definition) is 8. The first kappa shape index (κ1) is 40.9. The second kappa shape index (κ2) is 22.2. The highest BCUT2D eigenvalue weighted by atomic mass is 79.9. The zero-order chi connectivity index (χ0) is 34.4. The molecule has 4 aliphatic carbocycles. The fourth-order valence-corrected chi connectivity index (χ4v) is 18.4. The molecule has 49 heavy (non-hydrogen) atoms. The van der Waals surface area contributed by atoms with Crippen molar-refractivity contribution in [2.75, 3.05) is 23.0 Å². The molecule has 0 atom stereocenters. The molecule has 0 amide bonds. The first-order valence-electron chi connectivity index (χ1n) is 18.0. The SMILES string of the molecule is CCCCSC1=C(SCCCC)SC(=C2Cc3ccc(cc3)CC(=C3SC(SCCCC)=C(SCCCC)S3)Cc3ccc(cc3Br)C2)S1. The summed E-state index contributed by atoms with van der Waals surface area (Å²) in [4.78, 5) is 0. The van der Waals surface area contributed by atoms with Crippen LogP contribution in [-0.2, 0) is 25.7 Å². The summed E-state index contributed by atoms with van der Waals surface area (Å²) >= 11 is 20.7. The predicted molar refractivity (Wildman–Crippen MR) is 243 cm³/mol. The zero-order valence-corrected chi connectivity index (χ0v) is 37.6. The van der Waals surface area contributed by atoms with Gasteiger partial charge in [0, 0.05) is 4.47 Å². The minimum atomic E-state index is 0.984. The summed E-state index contributed by atoms with van der Waals surface area (Å²) in [6.07, 6.45) is 14.2. The van der Waals surface area contributed by atoms with Gasteiger partial charge >= 0.3 is 0 Å². The number of allylic oxidation sites excluding steroid dienone is 2. The van der Waals surface area contributed by atoms with E-state index in [0.29, 0.717) is 0 Å². The Morgan fingerprint density at radius 3 is 1.20 bits per heavy atom. The molecule has 2 aliphatic heterocycles. The molecule has 0 radical (unpaired) electrons. The molecule has 2 aromatic rings. The lowest BCUT2D eigenvalue weighted by Crippen LogP contribution is -2.03. The van der Waals surface area contributed by atoms with E-state index < -0.39 is 0 Å². The van der Waals surface area contributed by atoms with E-state index in [2.05, 4.69) is 180 Å². The Bertz CT molecular complexity index is 1470. The van der Waals surface area contributed by atoms with Gasteiger partial charge in [0.25, 0.3) is 0 Å². The monoisotopic (exact) mass is 866 g/mol. The number of halogens is 1. The van der Waals surface area contributed by atoms with Crippen molar-refractivity contribution in [1.29, 1.82) is 0 Å². The predicted octanol–water partition coefficient (Wildman–Crippen LogP) is 16.1. The van der Waals surface area contributed by atoms with Crippen LogP contribution < -0.4 is 0 Å². The Balaban J connectivity index is 1.43. The number of rotatable bonds is 16. The molecule has 0 unspecified atom stereocenters. The van der Waals surface area contributed by atoms with E-state index in [1.54, 1.807) is 28.1 Å². The summed E-state index contributed by atoms with van der Waals surface area (Å²) in [5.74, 6) is 4.88. The second-order valence-electron chi connectivity index (χ2n) is 12.6. The van der Waals surface area contributed by atoms with E-state index in [9.17, 15) is 0 Å². The highest BCUT2D eigenvalue weighted by Crippen LogP contribution is 2.60. The van der Waals surface area contributed by atoms with Crippen LogP contribution in [0.3, 0.4) is 0 Å². The molecule has 0 N–H and O–H groups in total. The minimum absolute atomic E-state index is 0.984. The van der Waals surface area contributed by atoms with Gasteiger partial charge in [0.2, 0.25) is 0 Å². The summed E-state index contributed by atoms with van der Waals surface area (Å²) in [5, 5.41) is 0. The molecular formula is C40H51BrS8. The smallest absolute Gasteiger partial charge is 0.0659 e. The first-order valence-corrected chi connectivity index (χ1v) is 26.0. The lowest BCUT2D eigenvalue weighted by Gasteiger charge is -2.17. The van der Waals surface area contributed by atoms with E-state index in [4.69, 9.17) is 0 Å². The largest absolute Gasteiger partial charge is 0.117 e. The van der Waals surface area contributed by atoms with Gasteiger partial charge in [-0.25, -0.2) is 0 Å². The molecule has 2 aromatic carbocycles. The fraction of sp³-hybridized carbons (Fsp3) is 0.500. The van der Waals surface area contributed by atoms with Crippen LogP contribution in [0.2, 0.25) is 0 Å². The summed E-state index contributed by atoms with van der Waals surface area (Å²) < 4.78 is 10.5. The van der Waals surface area contributed by atoms with Crippen molar-refractivity contribution in [3.05, 3.63) is 106 Å². The molecular weight excluding hydrogens is 817 g/mol. The van der Waals surface area contributed by atoms with Crippen LogP contribution >= 0.6 is 110 Å². The van der Waals surface area contributed by atoms with Crippen LogP contribution in [0.15, 0.2) is 83.5 Å². The van der Waals surface area contributed by atoms with Gasteiger partial charge in [-0.3, -0.25) is 0 Å². The van der Waals surface area contributed by atoms with E-state index in [-0.39, 0.29) is 0 Å². The standard InChI is InChI=1S/C40H51BrS8/c1-5-9-19-42-37-38(43-20-10-6-2)47-35(46-37)32-23-28-13-15-29(16-14-28)24-33(27-31-18-17-30(25-32)26-34(31)41)36-48-39(44-21-11-7-3)40(49-36)45-22-12-8-4/h13-18,26H,5-12,19-25,27H2,1-4H3. The number of unbranched alkanes of at least 4 members (excludes halogenated alkanes) is 4. The molecule has 0 spiro atoms. The quantitative estimate of drug-likeness (QED) is 0.151. The lowest BCUT2D eigenvalue weighted by molar-refractivity contribution is 0.897.